The fourth-order valence-electron chi connectivity index (χ4n) is 6.33. The quantitative estimate of drug-likeness (QED) is 0.0372. The van der Waals surface area contributed by atoms with Gasteiger partial charge in [0.15, 0.2) is 17.2 Å². The molecule has 0 spiro atoms. The van der Waals surface area contributed by atoms with Gasteiger partial charge in [-0.2, -0.15) is 9.97 Å². The minimum Gasteiger partial charge on any atom is -0.460 e. The molecule has 66 heavy (non-hydrogen) atoms. The molecule has 3 amide bonds. The Labute approximate surface area is 388 Å². The summed E-state index contributed by atoms with van der Waals surface area (Å²) in [6, 6.07) is 5.46. The van der Waals surface area contributed by atoms with Gasteiger partial charge in [0.2, 0.25) is 5.95 Å². The molecule has 1 aromatic carbocycles. The Morgan fingerprint density at radius 2 is 1.30 bits per heavy atom. The van der Waals surface area contributed by atoms with E-state index in [2.05, 4.69) is 32.5 Å². The molecular weight excluding hydrogens is 853 g/mol. The molecule has 20 heteroatoms. The molecule has 0 radical (unpaired) electrons. The Morgan fingerprint density at radius 1 is 0.758 bits per heavy atom. The smallest absolute Gasteiger partial charge is 0.410 e. The number of hydrogen-bond donors (Lipinski definition) is 5. The number of nitrogens with zero attached hydrogens (tertiary/aromatic N) is 5. The molecule has 0 saturated carbocycles. The molecule has 1 atom stereocenters. The summed E-state index contributed by atoms with van der Waals surface area (Å²) < 4.78 is 23.4. The van der Waals surface area contributed by atoms with Gasteiger partial charge in [-0.1, -0.05) is 25.5 Å². The van der Waals surface area contributed by atoms with Gasteiger partial charge in [0.1, 0.15) is 28.9 Å². The van der Waals surface area contributed by atoms with Crippen molar-refractivity contribution in [2.75, 3.05) is 56.9 Å². The predicted octanol–water partition coefficient (Wildman–Crippen LogP) is 6.35. The standard InChI is InChI=1S/C46H74N10O10/c1-11-12-23-49-39-52-36(48)35-37(53-39)56(40(59)51-35)29-31-19-21-32(22-20-31)38(58)63-30-33(47)34(57)18-13-14-25-54(42(61)65-45(5,6)7)26-15-16-27-55(43(62)66-46(8,9)10)28-17-24-50-41(60)64-44(2,3)4/h19-22,33H,11-18,23-30,47H2,1-10H3,(H,50,60)(H,51,59)(H3,48,49,52,53)/t33-/m0/s1. The van der Waals surface area contributed by atoms with E-state index in [-0.39, 0.29) is 36.7 Å². The van der Waals surface area contributed by atoms with Gasteiger partial charge in [-0.05, 0) is 119 Å². The number of H-pyrrole nitrogens is 1. The maximum atomic E-state index is 13.2. The molecule has 0 bridgehead atoms. The van der Waals surface area contributed by atoms with Crippen LogP contribution in [0.4, 0.5) is 26.1 Å². The van der Waals surface area contributed by atoms with E-state index in [1.54, 1.807) is 96.4 Å². The number of nitrogens with two attached hydrogens (primary N) is 2. The number of nitrogens with one attached hydrogen (secondary N) is 3. The number of alkyl carbamates (subject to hydrolysis) is 1. The molecule has 0 aliphatic heterocycles. The van der Waals surface area contributed by atoms with Crippen molar-refractivity contribution in [3.8, 4) is 0 Å². The van der Waals surface area contributed by atoms with Crippen molar-refractivity contribution < 1.29 is 42.9 Å². The molecule has 368 valence electrons. The second-order valence-electron chi connectivity index (χ2n) is 19.2. The van der Waals surface area contributed by atoms with Crippen LogP contribution in [0.5, 0.6) is 0 Å². The molecule has 0 fully saturated rings. The number of ketones is 1. The lowest BCUT2D eigenvalue weighted by Crippen LogP contribution is -2.40. The maximum Gasteiger partial charge on any atom is 0.410 e. The highest BCUT2D eigenvalue weighted by atomic mass is 16.6. The number of benzene rings is 1. The number of hydrogen-bond acceptors (Lipinski definition) is 15. The zero-order chi connectivity index (χ0) is 49.2. The van der Waals surface area contributed by atoms with Gasteiger partial charge in [-0.15, -0.1) is 0 Å². The molecule has 7 N–H and O–H groups in total. The van der Waals surface area contributed by atoms with Gasteiger partial charge in [0.05, 0.1) is 18.2 Å². The van der Waals surface area contributed by atoms with Crippen molar-refractivity contribution in [2.24, 2.45) is 5.73 Å². The van der Waals surface area contributed by atoms with Crippen LogP contribution < -0.4 is 27.8 Å². The number of aromatic amines is 1. The van der Waals surface area contributed by atoms with Crippen LogP contribution in [0.25, 0.3) is 11.2 Å². The fraction of sp³-hybridized carbons (Fsp3) is 0.652. The molecule has 0 saturated heterocycles. The number of Topliss-reactive ketones (excluding diaryl/α,β-unsaturated/α-hetero) is 1. The summed E-state index contributed by atoms with van der Waals surface area (Å²) in [5.74, 6) is -0.468. The van der Waals surface area contributed by atoms with Crippen LogP contribution in [0.3, 0.4) is 0 Å². The Morgan fingerprint density at radius 3 is 1.85 bits per heavy atom. The Kier molecular flexibility index (Phi) is 20.7. The third-order valence-electron chi connectivity index (χ3n) is 9.59. The summed E-state index contributed by atoms with van der Waals surface area (Å²) in [6.07, 6.45) is 3.04. The zero-order valence-electron chi connectivity index (χ0n) is 40.7. The Balaban J connectivity index is 1.48. The van der Waals surface area contributed by atoms with Crippen LogP contribution in [0.2, 0.25) is 0 Å². The lowest BCUT2D eigenvalue weighted by molar-refractivity contribution is -0.121. The van der Waals surface area contributed by atoms with Crippen LogP contribution in [-0.2, 0) is 30.3 Å². The number of aromatic nitrogens is 4. The van der Waals surface area contributed by atoms with Gasteiger partial charge in [0, 0.05) is 45.7 Å². The van der Waals surface area contributed by atoms with Crippen LogP contribution in [-0.4, -0.2) is 128 Å². The zero-order valence-corrected chi connectivity index (χ0v) is 40.7. The van der Waals surface area contributed by atoms with Crippen molar-refractivity contribution >= 4 is 53.0 Å². The lowest BCUT2D eigenvalue weighted by atomic mass is 10.1. The number of amides is 3. The number of anilines is 2. The van der Waals surface area contributed by atoms with E-state index < -0.39 is 52.8 Å². The SMILES string of the molecule is CCCCNc1nc(N)c2[nH]c(=O)n(Cc3ccc(C(=O)OC[C@H](N)C(=O)CCCCN(CCCCN(CCCNC(=O)OC(C)(C)C)C(=O)OC(C)(C)C)C(=O)OC(C)(C)C)cc3)c2n1. The van der Waals surface area contributed by atoms with E-state index in [1.165, 1.54) is 4.57 Å². The fourth-order valence-corrected chi connectivity index (χ4v) is 6.33. The highest BCUT2D eigenvalue weighted by Crippen LogP contribution is 2.19. The highest BCUT2D eigenvalue weighted by Gasteiger charge is 2.25. The van der Waals surface area contributed by atoms with Gasteiger partial charge < -0.3 is 55.8 Å². The van der Waals surface area contributed by atoms with Crippen LogP contribution in [0.15, 0.2) is 29.1 Å². The third kappa shape index (κ3) is 19.7. The molecule has 0 aliphatic carbocycles. The van der Waals surface area contributed by atoms with E-state index in [0.717, 1.165) is 12.8 Å². The number of rotatable bonds is 24. The molecular formula is C46H74N10O10. The van der Waals surface area contributed by atoms with Crippen molar-refractivity contribution in [1.82, 2.24) is 34.6 Å². The summed E-state index contributed by atoms with van der Waals surface area (Å²) >= 11 is 0. The molecule has 0 unspecified atom stereocenters. The second-order valence-corrected chi connectivity index (χ2v) is 19.2. The number of unbranched alkanes of at least 4 members (excludes halogenated alkanes) is 3. The third-order valence-corrected chi connectivity index (χ3v) is 9.59. The van der Waals surface area contributed by atoms with E-state index >= 15 is 0 Å². The number of fused-ring (bicyclic) bond motifs is 1. The van der Waals surface area contributed by atoms with Gasteiger partial charge in [0.25, 0.3) is 0 Å². The second kappa shape index (κ2) is 25.1. The first kappa shape index (κ1) is 54.4. The molecule has 3 aromatic rings. The summed E-state index contributed by atoms with van der Waals surface area (Å²) in [5, 5.41) is 5.84. The Bertz CT molecular complexity index is 2120. The average Bonchev–Trinajstić information content (AvgIpc) is 3.52. The van der Waals surface area contributed by atoms with E-state index in [4.69, 9.17) is 30.4 Å². The van der Waals surface area contributed by atoms with Gasteiger partial charge in [-0.3, -0.25) is 9.36 Å². The Hall–Kier alpha value is -5.92. The number of carbonyl (C=O) groups excluding carboxylic acids is 5. The first-order chi connectivity index (χ1) is 30.9. The summed E-state index contributed by atoms with van der Waals surface area (Å²) in [5.41, 5.74) is 11.4. The number of esters is 1. The first-order valence-electron chi connectivity index (χ1n) is 22.8. The lowest BCUT2D eigenvalue weighted by Gasteiger charge is -2.29. The highest BCUT2D eigenvalue weighted by molar-refractivity contribution is 5.90. The molecule has 3 rings (SSSR count). The summed E-state index contributed by atoms with van der Waals surface area (Å²) in [6.45, 7) is 20.3. The van der Waals surface area contributed by atoms with E-state index in [9.17, 15) is 28.8 Å². The minimum absolute atomic E-state index is 0.114. The maximum absolute atomic E-state index is 13.2. The first-order valence-corrected chi connectivity index (χ1v) is 22.8. The van der Waals surface area contributed by atoms with E-state index in [1.807, 2.05) is 0 Å². The van der Waals surface area contributed by atoms with Crippen molar-refractivity contribution in [3.63, 3.8) is 0 Å². The number of imidazole rings is 1. The largest absolute Gasteiger partial charge is 0.460 e. The number of nitrogen functional groups attached to an aromatic ring is 1. The van der Waals surface area contributed by atoms with Gasteiger partial charge in [-0.25, -0.2) is 24.0 Å². The molecule has 0 aliphatic rings. The van der Waals surface area contributed by atoms with Crippen LogP contribution >= 0.6 is 0 Å². The predicted molar refractivity (Wildman–Crippen MR) is 252 cm³/mol. The minimum atomic E-state index is -1.04. The van der Waals surface area contributed by atoms with Gasteiger partial charge >= 0.3 is 29.9 Å². The summed E-state index contributed by atoms with van der Waals surface area (Å²) in [7, 11) is 0. The normalized spacial score (nSPS) is 12.3. The average molecular weight is 927 g/mol. The van der Waals surface area contributed by atoms with Crippen LogP contribution in [0.1, 0.15) is 137 Å². The van der Waals surface area contributed by atoms with Crippen LogP contribution in [0, 0.1) is 0 Å². The monoisotopic (exact) mass is 927 g/mol. The number of carbonyl (C=O) groups is 5. The molecule has 20 nitrogen and oxygen atoms in total. The van der Waals surface area contributed by atoms with Crippen molar-refractivity contribution in [3.05, 3.63) is 45.9 Å². The summed E-state index contributed by atoms with van der Waals surface area (Å²) in [4.78, 5) is 91.6. The van der Waals surface area contributed by atoms with E-state index in [0.29, 0.717) is 94.0 Å². The molecule has 2 aromatic heterocycles. The molecule has 2 heterocycles. The van der Waals surface area contributed by atoms with Crippen molar-refractivity contribution in [2.45, 2.75) is 150 Å². The number of ether oxygens (including phenoxy) is 4. The van der Waals surface area contributed by atoms with Crippen molar-refractivity contribution in [1.29, 1.82) is 0 Å². The topological polar surface area (TPSA) is 268 Å².